The number of amides is 3. The molecule has 3 amide bonds. The van der Waals surface area contributed by atoms with Crippen molar-refractivity contribution >= 4 is 40.5 Å². The predicted octanol–water partition coefficient (Wildman–Crippen LogP) is 1.29. The van der Waals surface area contributed by atoms with Crippen LogP contribution in [0.2, 0.25) is 0 Å². The van der Waals surface area contributed by atoms with Crippen molar-refractivity contribution in [2.24, 2.45) is 11.8 Å². The van der Waals surface area contributed by atoms with Gasteiger partial charge in [-0.1, -0.05) is 47.7 Å². The molecule has 3 fully saturated rings. The first kappa shape index (κ1) is 24.9. The lowest BCUT2D eigenvalue weighted by atomic mass is 9.70. The third-order valence-corrected chi connectivity index (χ3v) is 9.99. The maximum absolute atomic E-state index is 13.8. The summed E-state index contributed by atoms with van der Waals surface area (Å²) in [6.45, 7) is 0.693. The largest absolute Gasteiger partial charge is 0.396 e. The Morgan fingerprint density at radius 1 is 1.08 bits per heavy atom. The van der Waals surface area contributed by atoms with E-state index in [1.807, 2.05) is 54.6 Å². The highest BCUT2D eigenvalue weighted by Crippen LogP contribution is 2.66. The van der Waals surface area contributed by atoms with Crippen molar-refractivity contribution in [3.63, 3.8) is 0 Å². The van der Waals surface area contributed by atoms with Gasteiger partial charge in [-0.05, 0) is 37.0 Å². The van der Waals surface area contributed by atoms with Crippen LogP contribution in [0.4, 0.5) is 0 Å². The number of carbonyl (C=O) groups excluding carboxylic acids is 3. The summed E-state index contributed by atoms with van der Waals surface area (Å²) in [7, 11) is 0. The number of aliphatic hydroxyl groups is 1. The molecular weight excluding hydrogens is 504 g/mol. The number of benzene rings is 2. The summed E-state index contributed by atoms with van der Waals surface area (Å²) in [6, 6.07) is 16.5. The topological polar surface area (TPSA) is 129 Å². The first-order valence-electron chi connectivity index (χ1n) is 13.0. The minimum atomic E-state index is -0.719. The lowest BCUT2D eigenvalue weighted by Crippen LogP contribution is -2.54. The molecule has 38 heavy (non-hydrogen) atoms. The van der Waals surface area contributed by atoms with Crippen LogP contribution >= 0.6 is 11.8 Å². The van der Waals surface area contributed by atoms with Crippen LogP contribution in [0.15, 0.2) is 54.6 Å². The number of nitrogens with one attached hydrogen (secondary N) is 2. The molecule has 3 aliphatic rings. The first-order valence-corrected chi connectivity index (χ1v) is 13.9. The van der Waals surface area contributed by atoms with Crippen LogP contribution in [-0.4, -0.2) is 71.9 Å². The summed E-state index contributed by atoms with van der Waals surface area (Å²) in [4.78, 5) is 42.6. The molecule has 1 aromatic heterocycles. The number of nitrogens with zero attached hydrogens (tertiary/aromatic N) is 4. The number of likely N-dealkylation sites (tertiary alicyclic amines) is 1. The molecule has 6 rings (SSSR count). The van der Waals surface area contributed by atoms with E-state index in [2.05, 4.69) is 20.9 Å². The van der Waals surface area contributed by atoms with Crippen molar-refractivity contribution < 1.29 is 19.5 Å². The Hall–Kier alpha value is -3.44. The van der Waals surface area contributed by atoms with Crippen LogP contribution in [0.5, 0.6) is 0 Å². The van der Waals surface area contributed by atoms with Crippen LogP contribution in [0, 0.1) is 11.8 Å². The van der Waals surface area contributed by atoms with E-state index >= 15 is 0 Å². The second-order valence-corrected chi connectivity index (χ2v) is 11.7. The molecule has 2 aromatic carbocycles. The summed E-state index contributed by atoms with van der Waals surface area (Å²) in [5, 5.41) is 23.8. The van der Waals surface area contributed by atoms with Crippen LogP contribution < -0.4 is 10.6 Å². The van der Waals surface area contributed by atoms with Gasteiger partial charge in [-0.2, -0.15) is 0 Å². The average Bonchev–Trinajstić information content (AvgIpc) is 3.69. The molecule has 1 spiro atoms. The van der Waals surface area contributed by atoms with Crippen molar-refractivity contribution in [2.45, 2.75) is 48.5 Å². The molecule has 0 aliphatic carbocycles. The van der Waals surface area contributed by atoms with Gasteiger partial charge in [0, 0.05) is 24.9 Å². The van der Waals surface area contributed by atoms with Crippen LogP contribution in [0.1, 0.15) is 24.8 Å². The van der Waals surface area contributed by atoms with Crippen molar-refractivity contribution in [3.8, 4) is 0 Å². The van der Waals surface area contributed by atoms with Crippen LogP contribution in [0.25, 0.3) is 11.0 Å². The van der Waals surface area contributed by atoms with Crippen LogP contribution in [-0.2, 0) is 27.6 Å². The van der Waals surface area contributed by atoms with Crippen LogP contribution in [0.3, 0.4) is 0 Å². The molecule has 198 valence electrons. The molecule has 2 bridgehead atoms. The third-order valence-electron chi connectivity index (χ3n) is 8.04. The molecule has 0 saturated carbocycles. The van der Waals surface area contributed by atoms with Gasteiger partial charge >= 0.3 is 0 Å². The average molecular weight is 535 g/mol. The molecule has 0 radical (unpaired) electrons. The Labute approximate surface area is 224 Å². The maximum atomic E-state index is 13.8. The van der Waals surface area contributed by atoms with Crippen molar-refractivity contribution in [2.75, 3.05) is 13.2 Å². The monoisotopic (exact) mass is 534 g/mol. The molecule has 5 atom stereocenters. The van der Waals surface area contributed by atoms with Gasteiger partial charge in [-0.15, -0.1) is 16.9 Å². The van der Waals surface area contributed by atoms with E-state index in [-0.39, 0.29) is 42.8 Å². The highest BCUT2D eigenvalue weighted by atomic mass is 32.2. The Morgan fingerprint density at radius 2 is 1.87 bits per heavy atom. The molecular formula is C27H30N6O4S. The van der Waals surface area contributed by atoms with E-state index in [9.17, 15) is 19.5 Å². The fraction of sp³-hybridized carbons (Fsp3) is 0.444. The number of fused-ring (bicyclic) bond motifs is 2. The lowest BCUT2D eigenvalue weighted by Gasteiger charge is -2.34. The Morgan fingerprint density at radius 3 is 2.68 bits per heavy atom. The van der Waals surface area contributed by atoms with E-state index < -0.39 is 22.6 Å². The molecule has 3 aliphatic heterocycles. The maximum Gasteiger partial charge on any atom is 0.245 e. The molecule has 11 heteroatoms. The van der Waals surface area contributed by atoms with Gasteiger partial charge in [0.2, 0.25) is 17.7 Å². The van der Waals surface area contributed by atoms with Crippen molar-refractivity contribution in [3.05, 3.63) is 60.2 Å². The molecule has 3 aromatic rings. The number of thioether (sulfide) groups is 1. The predicted molar refractivity (Wildman–Crippen MR) is 141 cm³/mol. The summed E-state index contributed by atoms with van der Waals surface area (Å²) >= 11 is 1.63. The second kappa shape index (κ2) is 10.0. The summed E-state index contributed by atoms with van der Waals surface area (Å²) < 4.78 is 0.955. The molecule has 3 N–H and O–H groups in total. The number of rotatable bonds is 9. The lowest BCUT2D eigenvalue weighted by molar-refractivity contribution is -0.140. The number of aliphatic hydroxyl groups excluding tert-OH is 1. The minimum absolute atomic E-state index is 0.00530. The Bertz CT molecular complexity index is 1370. The van der Waals surface area contributed by atoms with E-state index in [1.54, 1.807) is 21.3 Å². The van der Waals surface area contributed by atoms with Crippen molar-refractivity contribution in [1.82, 2.24) is 30.5 Å². The van der Waals surface area contributed by atoms with E-state index in [0.717, 1.165) is 23.0 Å². The van der Waals surface area contributed by atoms with Gasteiger partial charge in [-0.25, -0.2) is 4.68 Å². The van der Waals surface area contributed by atoms with Gasteiger partial charge in [0.05, 0.1) is 22.1 Å². The number of aromatic nitrogens is 3. The van der Waals surface area contributed by atoms with Gasteiger partial charge in [0.15, 0.2) is 0 Å². The summed E-state index contributed by atoms with van der Waals surface area (Å²) in [5.41, 5.74) is 2.52. The zero-order chi connectivity index (χ0) is 26.3. The zero-order valence-electron chi connectivity index (χ0n) is 20.8. The fourth-order valence-corrected chi connectivity index (χ4v) is 8.64. The van der Waals surface area contributed by atoms with E-state index in [4.69, 9.17) is 0 Å². The highest BCUT2D eigenvalue weighted by Gasteiger charge is 2.73. The van der Waals surface area contributed by atoms with Gasteiger partial charge in [-0.3, -0.25) is 14.4 Å². The van der Waals surface area contributed by atoms with E-state index in [1.165, 1.54) is 0 Å². The van der Waals surface area contributed by atoms with Gasteiger partial charge in [0.25, 0.3) is 0 Å². The third kappa shape index (κ3) is 4.04. The standard InChI is InChI=1S/C27H30N6O4S/c34-14-6-13-32-23(25(36)29-16-33-19-10-5-4-9-18(19)30-31-33)27-12-11-20(38-27)21(22(27)26(32)37)24(35)28-15-17-7-2-1-3-8-17/h1-5,7-10,20-23,34H,6,11-16H2,(H,28,35)(H,29,36)/t20-,21+,22-,23?,27?/m0/s1. The molecule has 10 nitrogen and oxygen atoms in total. The summed E-state index contributed by atoms with van der Waals surface area (Å²) in [6.07, 6.45) is 1.84. The fourth-order valence-electron chi connectivity index (χ4n) is 6.42. The zero-order valence-corrected chi connectivity index (χ0v) is 21.6. The first-order chi connectivity index (χ1) is 18.5. The molecule has 2 unspecified atom stereocenters. The quantitative estimate of drug-likeness (QED) is 0.377. The molecule has 4 heterocycles. The summed E-state index contributed by atoms with van der Waals surface area (Å²) in [5.74, 6) is -1.62. The van der Waals surface area contributed by atoms with Gasteiger partial charge < -0.3 is 20.6 Å². The van der Waals surface area contributed by atoms with Gasteiger partial charge in [0.1, 0.15) is 18.2 Å². The van der Waals surface area contributed by atoms with Crippen molar-refractivity contribution in [1.29, 1.82) is 0 Å². The Balaban J connectivity index is 1.23. The van der Waals surface area contributed by atoms with E-state index in [0.29, 0.717) is 19.4 Å². The smallest absolute Gasteiger partial charge is 0.245 e. The second-order valence-electron chi connectivity index (χ2n) is 10.1. The number of hydrogen-bond acceptors (Lipinski definition) is 7. The number of para-hydroxylation sites is 1. The Kier molecular flexibility index (Phi) is 6.56. The normalized spacial score (nSPS) is 27.6. The highest BCUT2D eigenvalue weighted by molar-refractivity contribution is 8.02. The minimum Gasteiger partial charge on any atom is -0.396 e. The SMILES string of the molecule is O=C(NCn1nnc2ccccc21)C1N(CCCO)C(=O)[C@@H]2[C@H](C(=O)NCc3ccccc3)[C@@H]3CCC12S3. The molecule has 3 saturated heterocycles. The number of carbonyl (C=O) groups is 3. The number of hydrogen-bond donors (Lipinski definition) is 3.